The molecule has 1 atom stereocenters. The van der Waals surface area contributed by atoms with Gasteiger partial charge in [-0.05, 0) is 26.2 Å². The number of hydrogen-bond donors (Lipinski definition) is 1. The molecule has 2 aliphatic rings. The van der Waals surface area contributed by atoms with Gasteiger partial charge in [-0.3, -0.25) is 0 Å². The number of aliphatic hydroxyl groups is 1. The maximum Gasteiger partial charge on any atom is 0.152 e. The van der Waals surface area contributed by atoms with E-state index in [0.717, 1.165) is 45.0 Å². The third-order valence-electron chi connectivity index (χ3n) is 3.45. The van der Waals surface area contributed by atoms with Crippen LogP contribution in [0.4, 0.5) is 0 Å². The number of fused-ring (bicyclic) bond motifs is 1. The van der Waals surface area contributed by atoms with Gasteiger partial charge in [-0.15, -0.1) is 0 Å². The number of rotatable bonds is 5. The Labute approximate surface area is 109 Å². The molecule has 0 spiro atoms. The van der Waals surface area contributed by atoms with Crippen LogP contribution >= 0.6 is 0 Å². The predicted octanol–water partition coefficient (Wildman–Crippen LogP) is 0.885. The van der Waals surface area contributed by atoms with Crippen molar-refractivity contribution in [1.29, 1.82) is 0 Å². The number of amidine groups is 1. The summed E-state index contributed by atoms with van der Waals surface area (Å²) in [6, 6.07) is 0. The van der Waals surface area contributed by atoms with Crippen molar-refractivity contribution < 1.29 is 5.11 Å². The molecule has 0 saturated heterocycles. The SMILES string of the molecule is CC(O)CCCCN1C=C2C(=NCN2C)N(C)C1. The third kappa shape index (κ3) is 2.96. The zero-order valence-corrected chi connectivity index (χ0v) is 11.6. The lowest BCUT2D eigenvalue weighted by Crippen LogP contribution is -2.43. The molecule has 5 heteroatoms. The summed E-state index contributed by atoms with van der Waals surface area (Å²) in [5.41, 5.74) is 1.22. The summed E-state index contributed by atoms with van der Waals surface area (Å²) < 4.78 is 0. The highest BCUT2D eigenvalue weighted by Gasteiger charge is 2.27. The standard InChI is InChI=1S/C13H24N4O/c1-11(18)6-4-5-7-17-8-12-13(16(3)10-17)14-9-15(12)2/h8,11,18H,4-7,9-10H2,1-3H3. The van der Waals surface area contributed by atoms with Gasteiger partial charge >= 0.3 is 0 Å². The van der Waals surface area contributed by atoms with E-state index in [1.807, 2.05) is 6.92 Å². The van der Waals surface area contributed by atoms with Crippen LogP contribution in [0.3, 0.4) is 0 Å². The van der Waals surface area contributed by atoms with Crippen LogP contribution < -0.4 is 0 Å². The largest absolute Gasteiger partial charge is 0.393 e. The van der Waals surface area contributed by atoms with Crippen molar-refractivity contribution in [2.24, 2.45) is 4.99 Å². The summed E-state index contributed by atoms with van der Waals surface area (Å²) >= 11 is 0. The molecule has 2 rings (SSSR count). The summed E-state index contributed by atoms with van der Waals surface area (Å²) in [4.78, 5) is 11.2. The minimum atomic E-state index is -0.174. The molecule has 0 aromatic carbocycles. The van der Waals surface area contributed by atoms with Crippen molar-refractivity contribution in [3.05, 3.63) is 11.9 Å². The lowest BCUT2D eigenvalue weighted by atomic mass is 10.1. The molecule has 0 fully saturated rings. The van der Waals surface area contributed by atoms with Crippen LogP contribution in [0.5, 0.6) is 0 Å². The molecule has 0 aliphatic carbocycles. The molecular formula is C13H24N4O. The monoisotopic (exact) mass is 252 g/mol. The second kappa shape index (κ2) is 5.61. The van der Waals surface area contributed by atoms with Gasteiger partial charge in [0, 0.05) is 26.8 Å². The van der Waals surface area contributed by atoms with Crippen LogP contribution in [0.15, 0.2) is 16.9 Å². The first-order chi connectivity index (χ1) is 8.58. The zero-order chi connectivity index (χ0) is 13.1. The van der Waals surface area contributed by atoms with Crippen molar-refractivity contribution in [2.75, 3.05) is 34.0 Å². The topological polar surface area (TPSA) is 42.3 Å². The Morgan fingerprint density at radius 3 is 2.83 bits per heavy atom. The number of unbranched alkanes of at least 4 members (excludes halogenated alkanes) is 1. The van der Waals surface area contributed by atoms with E-state index in [4.69, 9.17) is 0 Å². The number of aliphatic hydroxyl groups excluding tert-OH is 1. The average Bonchev–Trinajstić information content (AvgIpc) is 2.67. The van der Waals surface area contributed by atoms with Crippen LogP contribution in [-0.4, -0.2) is 65.7 Å². The summed E-state index contributed by atoms with van der Waals surface area (Å²) in [6.45, 7) is 4.57. The summed E-state index contributed by atoms with van der Waals surface area (Å²) in [5, 5.41) is 9.23. The Balaban J connectivity index is 1.85. The first kappa shape index (κ1) is 13.2. The van der Waals surface area contributed by atoms with E-state index in [0.29, 0.717) is 0 Å². The Bertz CT molecular complexity index is 351. The van der Waals surface area contributed by atoms with Crippen LogP contribution in [0.1, 0.15) is 26.2 Å². The minimum absolute atomic E-state index is 0.174. The van der Waals surface area contributed by atoms with E-state index < -0.39 is 0 Å². The normalized spacial score (nSPS) is 20.8. The number of aliphatic imine (C=N–C) groups is 1. The van der Waals surface area contributed by atoms with Crippen molar-refractivity contribution in [3.8, 4) is 0 Å². The summed E-state index contributed by atoms with van der Waals surface area (Å²) in [5.74, 6) is 1.11. The van der Waals surface area contributed by atoms with Crippen molar-refractivity contribution >= 4 is 5.84 Å². The zero-order valence-electron chi connectivity index (χ0n) is 11.6. The van der Waals surface area contributed by atoms with Gasteiger partial charge in [-0.2, -0.15) is 0 Å². The fourth-order valence-corrected chi connectivity index (χ4v) is 2.42. The predicted molar refractivity (Wildman–Crippen MR) is 73.0 cm³/mol. The summed E-state index contributed by atoms with van der Waals surface area (Å²) in [7, 11) is 4.17. The molecule has 1 N–H and O–H groups in total. The average molecular weight is 252 g/mol. The number of hydrogen-bond acceptors (Lipinski definition) is 5. The first-order valence-corrected chi connectivity index (χ1v) is 6.69. The molecule has 18 heavy (non-hydrogen) atoms. The van der Waals surface area contributed by atoms with Gasteiger partial charge in [0.25, 0.3) is 0 Å². The fraction of sp³-hybridized carbons (Fsp3) is 0.769. The Hall–Kier alpha value is -1.23. The molecule has 102 valence electrons. The van der Waals surface area contributed by atoms with E-state index in [1.165, 1.54) is 5.70 Å². The molecule has 0 radical (unpaired) electrons. The second-order valence-electron chi connectivity index (χ2n) is 5.33. The van der Waals surface area contributed by atoms with Crippen molar-refractivity contribution in [3.63, 3.8) is 0 Å². The smallest absolute Gasteiger partial charge is 0.152 e. The van der Waals surface area contributed by atoms with Crippen LogP contribution in [0.2, 0.25) is 0 Å². The quantitative estimate of drug-likeness (QED) is 0.738. The van der Waals surface area contributed by atoms with E-state index in [1.54, 1.807) is 0 Å². The molecule has 2 heterocycles. The second-order valence-corrected chi connectivity index (χ2v) is 5.33. The highest BCUT2D eigenvalue weighted by atomic mass is 16.3. The molecule has 0 bridgehead atoms. The van der Waals surface area contributed by atoms with E-state index >= 15 is 0 Å². The lowest BCUT2D eigenvalue weighted by molar-refractivity contribution is 0.177. The highest BCUT2D eigenvalue weighted by molar-refractivity contribution is 5.99. The van der Waals surface area contributed by atoms with Gasteiger partial charge in [0.05, 0.1) is 18.5 Å². The van der Waals surface area contributed by atoms with Gasteiger partial charge in [0.15, 0.2) is 5.84 Å². The first-order valence-electron chi connectivity index (χ1n) is 6.69. The van der Waals surface area contributed by atoms with E-state index in [-0.39, 0.29) is 6.10 Å². The van der Waals surface area contributed by atoms with Gasteiger partial charge in [0.1, 0.15) is 6.67 Å². The third-order valence-corrected chi connectivity index (χ3v) is 3.45. The van der Waals surface area contributed by atoms with Crippen LogP contribution in [-0.2, 0) is 0 Å². The molecule has 0 amide bonds. The molecule has 0 aromatic heterocycles. The Morgan fingerprint density at radius 2 is 2.11 bits per heavy atom. The van der Waals surface area contributed by atoms with Crippen molar-refractivity contribution in [2.45, 2.75) is 32.3 Å². The van der Waals surface area contributed by atoms with Crippen LogP contribution in [0, 0.1) is 0 Å². The number of nitrogens with zero attached hydrogens (tertiary/aromatic N) is 4. The van der Waals surface area contributed by atoms with Gasteiger partial charge in [-0.1, -0.05) is 0 Å². The lowest BCUT2D eigenvalue weighted by Gasteiger charge is -2.34. The van der Waals surface area contributed by atoms with Gasteiger partial charge < -0.3 is 19.8 Å². The molecular weight excluding hydrogens is 228 g/mol. The van der Waals surface area contributed by atoms with Crippen LogP contribution in [0.25, 0.3) is 0 Å². The van der Waals surface area contributed by atoms with E-state index in [2.05, 4.69) is 40.0 Å². The molecule has 1 unspecified atom stereocenters. The maximum absolute atomic E-state index is 9.23. The summed E-state index contributed by atoms with van der Waals surface area (Å²) in [6.07, 6.45) is 5.14. The minimum Gasteiger partial charge on any atom is -0.393 e. The molecule has 5 nitrogen and oxygen atoms in total. The van der Waals surface area contributed by atoms with Gasteiger partial charge in [-0.25, -0.2) is 4.99 Å². The molecule has 0 saturated carbocycles. The number of likely N-dealkylation sites (N-methyl/N-ethyl adjacent to an activating group) is 2. The Morgan fingerprint density at radius 1 is 1.33 bits per heavy atom. The molecule has 0 aromatic rings. The van der Waals surface area contributed by atoms with E-state index in [9.17, 15) is 5.11 Å². The highest BCUT2D eigenvalue weighted by Crippen LogP contribution is 2.20. The van der Waals surface area contributed by atoms with Crippen molar-refractivity contribution in [1.82, 2.24) is 14.7 Å². The Kier molecular flexibility index (Phi) is 4.11. The maximum atomic E-state index is 9.23. The van der Waals surface area contributed by atoms with Gasteiger partial charge in [0.2, 0.25) is 0 Å². The fourth-order valence-electron chi connectivity index (χ4n) is 2.42. The molecule has 2 aliphatic heterocycles.